The Morgan fingerprint density at radius 1 is 0.281 bits per heavy atom. The van der Waals surface area contributed by atoms with Crippen molar-refractivity contribution in [3.8, 4) is 0 Å². The van der Waals surface area contributed by atoms with Crippen LogP contribution in [0.25, 0.3) is 0 Å². The van der Waals surface area contributed by atoms with Gasteiger partial charge in [0.15, 0.2) is 0 Å². The van der Waals surface area contributed by atoms with Crippen LogP contribution >= 0.6 is 23.5 Å². The van der Waals surface area contributed by atoms with Crippen molar-refractivity contribution in [3.63, 3.8) is 0 Å². The summed E-state index contributed by atoms with van der Waals surface area (Å²) in [6, 6.07) is 0. The summed E-state index contributed by atoms with van der Waals surface area (Å²) >= 11 is 0. The molecule has 64 heavy (non-hydrogen) atoms. The molecule has 0 aromatic carbocycles. The summed E-state index contributed by atoms with van der Waals surface area (Å²) in [7, 11) is -12.5. The first-order valence-corrected chi connectivity index (χ1v) is 30.1. The number of hydrogen-bond acceptors (Lipinski definition) is 12. The smallest absolute Gasteiger partial charge is 0.756 e. The topological polar surface area (TPSA) is 176 Å². The third kappa shape index (κ3) is 54.6. The van der Waals surface area contributed by atoms with Crippen LogP contribution in [0.4, 0.5) is 0 Å². The van der Waals surface area contributed by atoms with Crippen LogP contribution in [0.2, 0.25) is 0 Å². The molecule has 6 unspecified atom stereocenters. The molecule has 385 valence electrons. The van der Waals surface area contributed by atoms with Crippen LogP contribution in [0.1, 0.15) is 276 Å². The molecule has 1 radical (unpaired) electrons. The molecular weight excluding hydrogens is 1010 g/mol. The van der Waals surface area contributed by atoms with Crippen molar-refractivity contribution >= 4 is 23.5 Å². The van der Waals surface area contributed by atoms with Crippen molar-refractivity contribution in [2.45, 2.75) is 312 Å². The van der Waals surface area contributed by atoms with E-state index in [9.17, 15) is 28.4 Å². The van der Waals surface area contributed by atoms with E-state index in [1.807, 2.05) is 0 Å². The van der Waals surface area contributed by atoms with Crippen LogP contribution in [0.5, 0.6) is 0 Å². The molecule has 0 saturated heterocycles. The van der Waals surface area contributed by atoms with Gasteiger partial charge in [0.1, 0.15) is 0 Å². The van der Waals surface area contributed by atoms with E-state index >= 15 is 0 Å². The first-order valence-electron chi connectivity index (χ1n) is 25.8. The second kappa shape index (κ2) is 48.3. The van der Waals surface area contributed by atoms with Gasteiger partial charge in [-0.2, -0.15) is 0 Å². The fourth-order valence-corrected chi connectivity index (χ4v) is 10.3. The Labute approximate surface area is 429 Å². The molecule has 0 aromatic rings. The number of rotatable bonds is 42. The molecule has 0 aliphatic carbocycles. The zero-order valence-electron chi connectivity index (χ0n) is 43.4. The van der Waals surface area contributed by atoms with Crippen LogP contribution in [0.3, 0.4) is 0 Å². The van der Waals surface area contributed by atoms with Crippen LogP contribution in [0.15, 0.2) is 0 Å². The molecule has 0 aliphatic heterocycles. The molecule has 0 aromatic heterocycles. The summed E-state index contributed by atoms with van der Waals surface area (Å²) in [6.07, 6.45) is 29.8. The molecule has 0 bridgehead atoms. The monoisotopic (exact) mass is 1110 g/mol. The van der Waals surface area contributed by atoms with Gasteiger partial charge in [-0.25, -0.2) is 0 Å². The Hall–Kier alpha value is 1.68. The van der Waals surface area contributed by atoms with Gasteiger partial charge in [-0.1, -0.05) is 196 Å². The van der Waals surface area contributed by atoms with Crippen molar-refractivity contribution in [2.75, 3.05) is 0 Å². The number of hydrogen-bond donors (Lipinski definition) is 0. The van der Waals surface area contributed by atoms with Gasteiger partial charge in [-0.3, -0.25) is 13.7 Å². The van der Waals surface area contributed by atoms with Crippen molar-refractivity contribution in [1.29, 1.82) is 0 Å². The predicted octanol–water partition coefficient (Wildman–Crippen LogP) is 15.6. The van der Waals surface area contributed by atoms with Gasteiger partial charge in [0.25, 0.3) is 23.5 Å². The van der Waals surface area contributed by atoms with E-state index in [2.05, 4.69) is 41.5 Å². The molecule has 0 amide bonds. The average Bonchev–Trinajstić information content (AvgIpc) is 3.18. The molecule has 0 spiro atoms. The van der Waals surface area contributed by atoms with E-state index in [4.69, 9.17) is 27.1 Å². The maximum absolute atomic E-state index is 11.8. The fourth-order valence-electron chi connectivity index (χ4n) is 6.86. The second-order valence-electron chi connectivity index (χ2n) is 17.9. The maximum atomic E-state index is 11.8. The van der Waals surface area contributed by atoms with Crippen molar-refractivity contribution < 1.29 is 96.4 Å². The normalized spacial score (nSPS) is 17.1. The largest absolute Gasteiger partial charge is 3.00 e. The molecule has 6 atom stereocenters. The van der Waals surface area contributed by atoms with Crippen LogP contribution in [-0.4, -0.2) is 36.6 Å². The number of phosphoric acid groups is 3. The van der Waals surface area contributed by atoms with Crippen molar-refractivity contribution in [1.82, 2.24) is 0 Å². The molecule has 0 heterocycles. The Balaban J connectivity index is -0.000000419. The van der Waals surface area contributed by atoms with E-state index in [0.29, 0.717) is 0 Å². The SMILES string of the molecule is CCCCCCC(C)OP(=O)([O-])OC(C)CCCCCC.CCCCCCC(C)OP(=O)([O-])OC(C)CCCCCC.CCCCCCC(C)OP(=O)([O-])OC(C)CCCCCC.[Nd+3]. The first-order chi connectivity index (χ1) is 29.7. The van der Waals surface area contributed by atoms with Gasteiger partial charge in [0.2, 0.25) is 0 Å². The third-order valence-corrected chi connectivity index (χ3v) is 14.3. The summed E-state index contributed by atoms with van der Waals surface area (Å²) in [5.41, 5.74) is 0. The van der Waals surface area contributed by atoms with Gasteiger partial charge in [0.05, 0.1) is 36.6 Å². The summed E-state index contributed by atoms with van der Waals surface area (Å²) in [6.45, 7) is 23.7. The number of unbranched alkanes of at least 4 members (excludes halogenated alkanes) is 18. The molecule has 0 rings (SSSR count). The minimum atomic E-state index is -4.17. The minimum Gasteiger partial charge on any atom is -0.756 e. The minimum absolute atomic E-state index is 0. The summed E-state index contributed by atoms with van der Waals surface area (Å²) in [5.74, 6) is 0. The Kier molecular flexibility index (Phi) is 54.5. The fraction of sp³-hybridized carbons (Fsp3) is 1.00. The molecule has 0 aliphatic rings. The summed E-state index contributed by atoms with van der Waals surface area (Å²) in [5, 5.41) is 0. The van der Waals surface area contributed by atoms with E-state index in [-0.39, 0.29) is 77.5 Å². The van der Waals surface area contributed by atoms with Crippen LogP contribution in [0, 0.1) is 40.8 Å². The van der Waals surface area contributed by atoms with Gasteiger partial charge >= 0.3 is 40.8 Å². The number of phosphoric ester groups is 3. The van der Waals surface area contributed by atoms with Gasteiger partial charge in [-0.05, 0) is 80.1 Å². The van der Waals surface area contributed by atoms with Crippen molar-refractivity contribution in [2.24, 2.45) is 0 Å². The zero-order chi connectivity index (χ0) is 48.4. The van der Waals surface area contributed by atoms with Gasteiger partial charge in [0, 0.05) is 0 Å². The van der Waals surface area contributed by atoms with E-state index < -0.39 is 23.5 Å². The van der Waals surface area contributed by atoms with Crippen LogP contribution in [-0.2, 0) is 40.8 Å². The first kappa shape index (κ1) is 72.2. The molecule has 12 nitrogen and oxygen atoms in total. The average molecular weight is 1110 g/mol. The zero-order valence-corrected chi connectivity index (χ0v) is 49.3. The molecular formula is C48H102NdO12P3. The molecule has 16 heteroatoms. The Bertz CT molecular complexity index is 919. The quantitative estimate of drug-likeness (QED) is 0.0418. The van der Waals surface area contributed by atoms with E-state index in [1.165, 1.54) is 77.0 Å². The maximum Gasteiger partial charge on any atom is 3.00 e. The van der Waals surface area contributed by atoms with E-state index in [1.54, 1.807) is 41.5 Å². The Morgan fingerprint density at radius 2 is 0.406 bits per heavy atom. The summed E-state index contributed by atoms with van der Waals surface area (Å²) in [4.78, 5) is 35.4. The van der Waals surface area contributed by atoms with Gasteiger partial charge in [-0.15, -0.1) is 0 Å². The van der Waals surface area contributed by atoms with Crippen molar-refractivity contribution in [3.05, 3.63) is 0 Å². The Morgan fingerprint density at radius 3 is 0.516 bits per heavy atom. The standard InChI is InChI=1S/3C16H35O4P.Nd/c3*1-5-7-9-11-13-15(3)19-21(17,18)20-16(4)14-12-10-8-6-2;/h3*15-16H,5-14H2,1-4H3,(H,17,18);/q;;;+3/p-3. The van der Waals surface area contributed by atoms with Gasteiger partial charge < -0.3 is 41.8 Å². The summed E-state index contributed by atoms with van der Waals surface area (Å²) < 4.78 is 66.0. The van der Waals surface area contributed by atoms with E-state index in [0.717, 1.165) is 116 Å². The molecule has 0 saturated carbocycles. The van der Waals surface area contributed by atoms with Crippen LogP contribution < -0.4 is 14.7 Å². The molecule has 0 N–H and O–H groups in total. The second-order valence-corrected chi connectivity index (χ2v) is 21.9. The predicted molar refractivity (Wildman–Crippen MR) is 259 cm³/mol. The molecule has 0 fully saturated rings. The third-order valence-electron chi connectivity index (χ3n) is 10.6.